The molecular weight excluding hydrogens is 150 g/mol. The molecule has 12 heavy (non-hydrogen) atoms. The predicted molar refractivity (Wildman–Crippen MR) is 48.6 cm³/mol. The Morgan fingerprint density at radius 3 is 2.92 bits per heavy atom. The molecule has 0 bridgehead atoms. The number of anilines is 1. The number of aryl methyl sites for hydroxylation is 1. The van der Waals surface area contributed by atoms with Gasteiger partial charge in [0.15, 0.2) is 5.95 Å². The first-order valence-electron chi connectivity index (χ1n) is 4.63. The fourth-order valence-corrected chi connectivity index (χ4v) is 1.63. The number of hydrogen-bond donors (Lipinski definition) is 1. The highest BCUT2D eigenvalue weighted by Gasteiger charge is 2.16. The summed E-state index contributed by atoms with van der Waals surface area (Å²) >= 11 is 0. The van der Waals surface area contributed by atoms with E-state index in [1.807, 2.05) is 10.8 Å². The van der Waals surface area contributed by atoms with Crippen LogP contribution in [0.2, 0.25) is 0 Å². The summed E-state index contributed by atoms with van der Waals surface area (Å²) < 4.78 is 2.03. The summed E-state index contributed by atoms with van der Waals surface area (Å²) in [4.78, 5) is 3.98. The highest BCUT2D eigenvalue weighted by Crippen LogP contribution is 2.29. The van der Waals surface area contributed by atoms with Crippen LogP contribution in [0.25, 0.3) is 0 Å². The van der Waals surface area contributed by atoms with Crippen molar-refractivity contribution in [3.8, 4) is 0 Å². The molecule has 2 N–H and O–H groups in total. The molecule has 3 nitrogen and oxygen atoms in total. The number of rotatable bonds is 3. The third kappa shape index (κ3) is 1.44. The van der Waals surface area contributed by atoms with Crippen LogP contribution in [0.3, 0.4) is 0 Å². The molecule has 0 aliphatic heterocycles. The van der Waals surface area contributed by atoms with Crippen LogP contribution in [0.5, 0.6) is 0 Å². The van der Waals surface area contributed by atoms with Crippen molar-refractivity contribution in [1.29, 1.82) is 0 Å². The Bertz CT molecular complexity index is 250. The molecule has 0 radical (unpaired) electrons. The summed E-state index contributed by atoms with van der Waals surface area (Å²) in [6.45, 7) is 1.04. The largest absolute Gasteiger partial charge is 0.369 e. The summed E-state index contributed by atoms with van der Waals surface area (Å²) in [5.74, 6) is 1.60. The number of nitrogen functional groups attached to an aromatic ring is 1. The normalized spacial score (nSPS) is 17.7. The van der Waals surface area contributed by atoms with Gasteiger partial charge in [-0.05, 0) is 12.3 Å². The summed E-state index contributed by atoms with van der Waals surface area (Å²) in [5, 5.41) is 0. The average molecular weight is 165 g/mol. The zero-order chi connectivity index (χ0) is 8.39. The fraction of sp³-hybridized carbons (Fsp3) is 0.667. The van der Waals surface area contributed by atoms with Crippen molar-refractivity contribution in [2.24, 2.45) is 5.92 Å². The number of aromatic nitrogens is 2. The topological polar surface area (TPSA) is 43.8 Å². The third-order valence-corrected chi connectivity index (χ3v) is 2.75. The maximum absolute atomic E-state index is 5.64. The molecule has 1 saturated carbocycles. The van der Waals surface area contributed by atoms with Gasteiger partial charge in [-0.2, -0.15) is 0 Å². The Labute approximate surface area is 72.6 Å². The quantitative estimate of drug-likeness (QED) is 0.740. The summed E-state index contributed by atoms with van der Waals surface area (Å²) in [6, 6.07) is 0. The lowest BCUT2D eigenvalue weighted by atomic mass is 9.83. The standard InChI is InChI=1S/C9H15N3/c10-9-11-5-7-12(9)6-4-8-2-1-3-8/h5,7-8H,1-4,6H2,(H2,10,11). The van der Waals surface area contributed by atoms with Crippen LogP contribution >= 0.6 is 0 Å². The number of nitrogens with two attached hydrogens (primary N) is 1. The van der Waals surface area contributed by atoms with E-state index >= 15 is 0 Å². The van der Waals surface area contributed by atoms with Crippen molar-refractivity contribution >= 4 is 5.95 Å². The maximum atomic E-state index is 5.64. The van der Waals surface area contributed by atoms with E-state index < -0.39 is 0 Å². The minimum absolute atomic E-state index is 0.648. The van der Waals surface area contributed by atoms with Gasteiger partial charge < -0.3 is 10.3 Å². The van der Waals surface area contributed by atoms with Crippen molar-refractivity contribution in [2.75, 3.05) is 5.73 Å². The van der Waals surface area contributed by atoms with Crippen molar-refractivity contribution in [3.05, 3.63) is 12.4 Å². The Hall–Kier alpha value is -0.990. The Morgan fingerprint density at radius 2 is 2.42 bits per heavy atom. The van der Waals surface area contributed by atoms with Gasteiger partial charge in [0.05, 0.1) is 0 Å². The van der Waals surface area contributed by atoms with Crippen molar-refractivity contribution < 1.29 is 0 Å². The molecule has 0 aromatic carbocycles. The summed E-state index contributed by atoms with van der Waals surface area (Å²) in [6.07, 6.45) is 9.22. The highest BCUT2D eigenvalue weighted by molar-refractivity contribution is 5.16. The Kier molecular flexibility index (Phi) is 2.02. The van der Waals surface area contributed by atoms with Crippen LogP contribution in [-0.4, -0.2) is 9.55 Å². The van der Waals surface area contributed by atoms with E-state index in [1.165, 1.54) is 25.7 Å². The van der Waals surface area contributed by atoms with Gasteiger partial charge in [0, 0.05) is 18.9 Å². The molecular formula is C9H15N3. The van der Waals surface area contributed by atoms with Gasteiger partial charge in [-0.25, -0.2) is 4.98 Å². The second kappa shape index (κ2) is 3.17. The minimum atomic E-state index is 0.648. The van der Waals surface area contributed by atoms with E-state index in [0.29, 0.717) is 5.95 Å². The lowest BCUT2D eigenvalue weighted by Crippen LogP contribution is -2.14. The van der Waals surface area contributed by atoms with Crippen LogP contribution in [-0.2, 0) is 6.54 Å². The first-order chi connectivity index (χ1) is 5.86. The predicted octanol–water partition coefficient (Wildman–Crippen LogP) is 1.66. The molecule has 3 heteroatoms. The molecule has 0 amide bonds. The zero-order valence-electron chi connectivity index (χ0n) is 7.24. The first-order valence-corrected chi connectivity index (χ1v) is 4.63. The van der Waals surface area contributed by atoms with Gasteiger partial charge in [-0.3, -0.25) is 0 Å². The van der Waals surface area contributed by atoms with Crippen LogP contribution in [0, 0.1) is 5.92 Å². The second-order valence-electron chi connectivity index (χ2n) is 3.56. The van der Waals surface area contributed by atoms with E-state index in [1.54, 1.807) is 6.20 Å². The molecule has 0 unspecified atom stereocenters. The van der Waals surface area contributed by atoms with Crippen LogP contribution in [0.1, 0.15) is 25.7 Å². The van der Waals surface area contributed by atoms with E-state index in [2.05, 4.69) is 4.98 Å². The number of imidazole rings is 1. The molecule has 1 fully saturated rings. The van der Waals surface area contributed by atoms with E-state index in [0.717, 1.165) is 12.5 Å². The lowest BCUT2D eigenvalue weighted by Gasteiger charge is -2.25. The van der Waals surface area contributed by atoms with E-state index in [4.69, 9.17) is 5.73 Å². The van der Waals surface area contributed by atoms with Crippen molar-refractivity contribution in [2.45, 2.75) is 32.2 Å². The van der Waals surface area contributed by atoms with Gasteiger partial charge >= 0.3 is 0 Å². The minimum Gasteiger partial charge on any atom is -0.369 e. The third-order valence-electron chi connectivity index (χ3n) is 2.75. The molecule has 2 rings (SSSR count). The zero-order valence-corrected chi connectivity index (χ0v) is 7.24. The van der Waals surface area contributed by atoms with Gasteiger partial charge in [-0.15, -0.1) is 0 Å². The molecule has 1 aromatic heterocycles. The van der Waals surface area contributed by atoms with Crippen LogP contribution < -0.4 is 5.73 Å². The van der Waals surface area contributed by atoms with Crippen molar-refractivity contribution in [1.82, 2.24) is 9.55 Å². The molecule has 0 spiro atoms. The molecule has 1 aromatic rings. The average Bonchev–Trinajstić information content (AvgIpc) is 2.33. The molecule has 1 heterocycles. The SMILES string of the molecule is Nc1nccn1CCC1CCC1. The fourth-order valence-electron chi connectivity index (χ4n) is 1.63. The molecule has 0 saturated heterocycles. The number of hydrogen-bond acceptors (Lipinski definition) is 2. The highest BCUT2D eigenvalue weighted by atomic mass is 15.1. The molecule has 1 aliphatic carbocycles. The van der Waals surface area contributed by atoms with Gasteiger partial charge in [0.1, 0.15) is 0 Å². The van der Waals surface area contributed by atoms with Crippen LogP contribution in [0.15, 0.2) is 12.4 Å². The maximum Gasteiger partial charge on any atom is 0.200 e. The van der Waals surface area contributed by atoms with Gasteiger partial charge in [0.2, 0.25) is 0 Å². The van der Waals surface area contributed by atoms with Crippen LogP contribution in [0.4, 0.5) is 5.95 Å². The molecule has 0 atom stereocenters. The molecule has 1 aliphatic rings. The number of nitrogens with zero attached hydrogens (tertiary/aromatic N) is 2. The molecule has 66 valence electrons. The van der Waals surface area contributed by atoms with Crippen molar-refractivity contribution in [3.63, 3.8) is 0 Å². The van der Waals surface area contributed by atoms with E-state index in [-0.39, 0.29) is 0 Å². The van der Waals surface area contributed by atoms with Gasteiger partial charge in [0.25, 0.3) is 0 Å². The smallest absolute Gasteiger partial charge is 0.200 e. The first kappa shape index (κ1) is 7.65. The summed E-state index contributed by atoms with van der Waals surface area (Å²) in [5.41, 5.74) is 5.64. The lowest BCUT2D eigenvalue weighted by molar-refractivity contribution is 0.283. The monoisotopic (exact) mass is 165 g/mol. The van der Waals surface area contributed by atoms with E-state index in [9.17, 15) is 0 Å². The Morgan fingerprint density at radius 1 is 1.58 bits per heavy atom. The second-order valence-corrected chi connectivity index (χ2v) is 3.56. The van der Waals surface area contributed by atoms with Gasteiger partial charge in [-0.1, -0.05) is 19.3 Å². The summed E-state index contributed by atoms with van der Waals surface area (Å²) in [7, 11) is 0. The Balaban J connectivity index is 1.82.